The lowest BCUT2D eigenvalue weighted by molar-refractivity contribution is 0.137. The highest BCUT2D eigenvalue weighted by molar-refractivity contribution is 4.48. The van der Waals surface area contributed by atoms with Crippen LogP contribution in [0.1, 0.15) is 77.6 Å². The quantitative estimate of drug-likeness (QED) is 0.462. The zero-order valence-electron chi connectivity index (χ0n) is 11.9. The Morgan fingerprint density at radius 1 is 0.647 bits per heavy atom. The molecule has 104 valence electrons. The number of hydrogen-bond donors (Lipinski definition) is 1. The van der Waals surface area contributed by atoms with E-state index in [0.717, 1.165) is 13.2 Å². The Hall–Kier alpha value is -0.0800. The minimum atomic E-state index is 0.651. The van der Waals surface area contributed by atoms with Gasteiger partial charge in [0.1, 0.15) is 0 Å². The second kappa shape index (κ2) is 15.9. The minimum Gasteiger partial charge on any atom is -0.380 e. The average molecular weight is 243 g/mol. The van der Waals surface area contributed by atoms with Crippen LogP contribution in [0.3, 0.4) is 0 Å². The molecule has 0 fully saturated rings. The van der Waals surface area contributed by atoms with Crippen molar-refractivity contribution in [2.45, 2.75) is 77.6 Å². The molecule has 0 aromatic heterocycles. The molecule has 0 aromatic carbocycles. The molecule has 2 heteroatoms. The van der Waals surface area contributed by atoms with Crippen molar-refractivity contribution in [1.29, 1.82) is 0 Å². The Morgan fingerprint density at radius 3 is 1.59 bits per heavy atom. The fourth-order valence-electron chi connectivity index (χ4n) is 2.05. The number of rotatable bonds is 14. The fourth-order valence-corrected chi connectivity index (χ4v) is 2.05. The van der Waals surface area contributed by atoms with Gasteiger partial charge in [-0.15, -0.1) is 0 Å². The Balaban J connectivity index is 2.85. The van der Waals surface area contributed by atoms with E-state index in [1.807, 2.05) is 0 Å². The molecule has 2 nitrogen and oxygen atoms in total. The zero-order chi connectivity index (χ0) is 12.6. The first-order chi connectivity index (χ1) is 8.41. The van der Waals surface area contributed by atoms with Gasteiger partial charge in [0, 0.05) is 13.2 Å². The molecule has 0 aliphatic rings. The molecule has 0 amide bonds. The molecular formula is C15H33NO. The van der Waals surface area contributed by atoms with Crippen molar-refractivity contribution in [3.8, 4) is 0 Å². The van der Waals surface area contributed by atoms with Crippen LogP contribution in [0.2, 0.25) is 0 Å². The maximum Gasteiger partial charge on any atom is 0.0588 e. The van der Waals surface area contributed by atoms with E-state index in [-0.39, 0.29) is 0 Å². The molecule has 0 aliphatic heterocycles. The summed E-state index contributed by atoms with van der Waals surface area (Å²) in [6.07, 6.45) is 15.3. The van der Waals surface area contributed by atoms with E-state index >= 15 is 0 Å². The summed E-state index contributed by atoms with van der Waals surface area (Å²) in [5.74, 6) is 0. The normalized spacial score (nSPS) is 10.9. The largest absolute Gasteiger partial charge is 0.380 e. The van der Waals surface area contributed by atoms with Gasteiger partial charge in [0.15, 0.2) is 0 Å². The standard InChI is InChI=1S/C15H33NO/c1-2-3-4-5-6-7-8-9-10-11-12-14-17-15-13-16/h2-16H2,1H3. The van der Waals surface area contributed by atoms with Gasteiger partial charge in [-0.2, -0.15) is 0 Å². The average Bonchev–Trinajstić information content (AvgIpc) is 2.35. The van der Waals surface area contributed by atoms with Crippen LogP contribution in [-0.4, -0.2) is 19.8 Å². The summed E-state index contributed by atoms with van der Waals surface area (Å²) in [5, 5.41) is 0. The van der Waals surface area contributed by atoms with E-state index in [0.29, 0.717) is 6.54 Å². The van der Waals surface area contributed by atoms with Crippen LogP contribution >= 0.6 is 0 Å². The first-order valence-electron chi connectivity index (χ1n) is 7.69. The van der Waals surface area contributed by atoms with Gasteiger partial charge in [0.05, 0.1) is 6.61 Å². The fraction of sp³-hybridized carbons (Fsp3) is 1.00. The van der Waals surface area contributed by atoms with E-state index in [4.69, 9.17) is 10.5 Å². The van der Waals surface area contributed by atoms with Gasteiger partial charge >= 0.3 is 0 Å². The van der Waals surface area contributed by atoms with Gasteiger partial charge in [-0.25, -0.2) is 0 Å². The summed E-state index contributed by atoms with van der Waals surface area (Å²) in [7, 11) is 0. The minimum absolute atomic E-state index is 0.651. The van der Waals surface area contributed by atoms with Crippen molar-refractivity contribution in [2.24, 2.45) is 5.73 Å². The summed E-state index contributed by atoms with van der Waals surface area (Å²) in [5.41, 5.74) is 5.34. The molecule has 0 aromatic rings. The maximum atomic E-state index is 5.34. The van der Waals surface area contributed by atoms with Crippen LogP contribution in [0.25, 0.3) is 0 Å². The van der Waals surface area contributed by atoms with Crippen molar-refractivity contribution < 1.29 is 4.74 Å². The first kappa shape index (κ1) is 16.9. The molecule has 0 radical (unpaired) electrons. The third-order valence-corrected chi connectivity index (χ3v) is 3.15. The number of nitrogens with two attached hydrogens (primary N) is 1. The third-order valence-electron chi connectivity index (χ3n) is 3.15. The van der Waals surface area contributed by atoms with Crippen LogP contribution in [0.15, 0.2) is 0 Å². The van der Waals surface area contributed by atoms with Crippen LogP contribution in [-0.2, 0) is 4.74 Å². The summed E-state index contributed by atoms with van der Waals surface area (Å²) in [4.78, 5) is 0. The van der Waals surface area contributed by atoms with Crippen molar-refractivity contribution in [2.75, 3.05) is 19.8 Å². The molecule has 2 N–H and O–H groups in total. The molecule has 0 aliphatic carbocycles. The molecule has 0 heterocycles. The van der Waals surface area contributed by atoms with Crippen LogP contribution in [0.4, 0.5) is 0 Å². The highest BCUT2D eigenvalue weighted by atomic mass is 16.5. The monoisotopic (exact) mass is 243 g/mol. The molecule has 0 bridgehead atoms. The molecular weight excluding hydrogens is 210 g/mol. The van der Waals surface area contributed by atoms with Crippen LogP contribution in [0, 0.1) is 0 Å². The number of hydrogen-bond acceptors (Lipinski definition) is 2. The Bertz CT molecular complexity index is 114. The van der Waals surface area contributed by atoms with E-state index in [9.17, 15) is 0 Å². The van der Waals surface area contributed by atoms with Gasteiger partial charge in [0.25, 0.3) is 0 Å². The smallest absolute Gasteiger partial charge is 0.0588 e. The van der Waals surface area contributed by atoms with Crippen molar-refractivity contribution >= 4 is 0 Å². The second-order valence-corrected chi connectivity index (χ2v) is 4.94. The maximum absolute atomic E-state index is 5.34. The molecule has 17 heavy (non-hydrogen) atoms. The molecule has 0 rings (SSSR count). The van der Waals surface area contributed by atoms with Gasteiger partial charge in [-0.05, 0) is 6.42 Å². The number of ether oxygens (including phenoxy) is 1. The molecule has 0 saturated heterocycles. The Kier molecular flexibility index (Phi) is 15.8. The predicted octanol–water partition coefficient (Wildman–Crippen LogP) is 4.27. The highest BCUT2D eigenvalue weighted by Crippen LogP contribution is 2.11. The van der Waals surface area contributed by atoms with Crippen molar-refractivity contribution in [1.82, 2.24) is 0 Å². The number of unbranched alkanes of at least 4 members (excludes halogenated alkanes) is 10. The zero-order valence-corrected chi connectivity index (χ0v) is 11.9. The highest BCUT2D eigenvalue weighted by Gasteiger charge is 1.93. The van der Waals surface area contributed by atoms with Gasteiger partial charge < -0.3 is 10.5 Å². The summed E-state index contributed by atoms with van der Waals surface area (Å²) < 4.78 is 5.34. The SMILES string of the molecule is CCCCCCCCCCCCCOCCN. The molecule has 0 spiro atoms. The van der Waals surface area contributed by atoms with Gasteiger partial charge in [0.2, 0.25) is 0 Å². The molecule has 0 atom stereocenters. The van der Waals surface area contributed by atoms with Crippen molar-refractivity contribution in [3.05, 3.63) is 0 Å². The van der Waals surface area contributed by atoms with E-state index < -0.39 is 0 Å². The van der Waals surface area contributed by atoms with Gasteiger partial charge in [-0.3, -0.25) is 0 Å². The van der Waals surface area contributed by atoms with E-state index in [1.54, 1.807) is 0 Å². The topological polar surface area (TPSA) is 35.2 Å². The Labute approximate surface area is 108 Å². The first-order valence-corrected chi connectivity index (χ1v) is 7.69. The molecule has 0 saturated carbocycles. The van der Waals surface area contributed by atoms with Crippen LogP contribution < -0.4 is 5.73 Å². The van der Waals surface area contributed by atoms with Crippen LogP contribution in [0.5, 0.6) is 0 Å². The third kappa shape index (κ3) is 15.9. The lowest BCUT2D eigenvalue weighted by atomic mass is 10.1. The second-order valence-electron chi connectivity index (χ2n) is 4.94. The van der Waals surface area contributed by atoms with Gasteiger partial charge in [-0.1, -0.05) is 71.1 Å². The summed E-state index contributed by atoms with van der Waals surface area (Å²) >= 11 is 0. The van der Waals surface area contributed by atoms with E-state index in [2.05, 4.69) is 6.92 Å². The lowest BCUT2D eigenvalue weighted by Crippen LogP contribution is -2.08. The summed E-state index contributed by atoms with van der Waals surface area (Å²) in [6.45, 7) is 4.54. The molecule has 0 unspecified atom stereocenters. The predicted molar refractivity (Wildman–Crippen MR) is 76.3 cm³/mol. The lowest BCUT2D eigenvalue weighted by Gasteiger charge is -2.03. The Morgan fingerprint density at radius 2 is 1.12 bits per heavy atom. The van der Waals surface area contributed by atoms with E-state index in [1.165, 1.54) is 70.6 Å². The summed E-state index contributed by atoms with van der Waals surface area (Å²) in [6, 6.07) is 0. The van der Waals surface area contributed by atoms with Crippen molar-refractivity contribution in [3.63, 3.8) is 0 Å².